The van der Waals surface area contributed by atoms with Gasteiger partial charge in [0.2, 0.25) is 5.91 Å². The first-order valence-electron chi connectivity index (χ1n) is 6.57. The fourth-order valence-corrected chi connectivity index (χ4v) is 2.26. The van der Waals surface area contributed by atoms with Crippen molar-refractivity contribution in [2.24, 2.45) is 17.8 Å². The molecule has 1 rings (SSSR count). The predicted octanol–water partition coefficient (Wildman–Crippen LogP) is 0.800. The van der Waals surface area contributed by atoms with Crippen LogP contribution in [-0.4, -0.2) is 47.6 Å². The molecule has 5 nitrogen and oxygen atoms in total. The number of carboxylic acids is 1. The van der Waals surface area contributed by atoms with Crippen molar-refractivity contribution < 1.29 is 14.7 Å². The first kappa shape index (κ1) is 15.0. The number of carboxylic acid groups (broad SMARTS) is 1. The van der Waals surface area contributed by atoms with Crippen molar-refractivity contribution >= 4 is 11.9 Å². The minimum atomic E-state index is -0.764. The van der Waals surface area contributed by atoms with Crippen LogP contribution in [0.25, 0.3) is 0 Å². The van der Waals surface area contributed by atoms with Crippen LogP contribution < -0.4 is 5.32 Å². The van der Waals surface area contributed by atoms with E-state index in [2.05, 4.69) is 5.32 Å². The molecule has 104 valence electrons. The van der Waals surface area contributed by atoms with Gasteiger partial charge in [0.05, 0.1) is 12.0 Å². The zero-order chi connectivity index (χ0) is 13.9. The lowest BCUT2D eigenvalue weighted by atomic mass is 9.99. The third kappa shape index (κ3) is 3.70. The Morgan fingerprint density at radius 1 is 1.33 bits per heavy atom. The first-order chi connectivity index (χ1) is 8.32. The van der Waals surface area contributed by atoms with Crippen LogP contribution in [0, 0.1) is 17.8 Å². The van der Waals surface area contributed by atoms with Crippen molar-refractivity contribution in [3.05, 3.63) is 0 Å². The van der Waals surface area contributed by atoms with Gasteiger partial charge in [-0.25, -0.2) is 0 Å². The van der Waals surface area contributed by atoms with Crippen molar-refractivity contribution in [3.8, 4) is 0 Å². The highest BCUT2D eigenvalue weighted by Gasteiger charge is 2.38. The number of hydrogen-bond donors (Lipinski definition) is 2. The summed E-state index contributed by atoms with van der Waals surface area (Å²) in [7, 11) is 0. The lowest BCUT2D eigenvalue weighted by Crippen LogP contribution is -2.45. The Morgan fingerprint density at radius 2 is 1.94 bits per heavy atom. The molecule has 1 saturated heterocycles. The van der Waals surface area contributed by atoms with Crippen LogP contribution in [0.4, 0.5) is 0 Å². The first-order valence-corrected chi connectivity index (χ1v) is 6.57. The second kappa shape index (κ2) is 6.18. The normalized spacial score (nSPS) is 26.3. The number of likely N-dealkylation sites (tertiary alicyclic amines) is 1. The predicted molar refractivity (Wildman–Crippen MR) is 69.2 cm³/mol. The van der Waals surface area contributed by atoms with E-state index in [1.54, 1.807) is 0 Å². The summed E-state index contributed by atoms with van der Waals surface area (Å²) in [4.78, 5) is 24.9. The maximum absolute atomic E-state index is 11.9. The summed E-state index contributed by atoms with van der Waals surface area (Å²) in [5.74, 6) is -0.611. The Balaban J connectivity index is 2.50. The third-order valence-corrected chi connectivity index (χ3v) is 3.57. The van der Waals surface area contributed by atoms with Gasteiger partial charge in [-0.15, -0.1) is 0 Å². The van der Waals surface area contributed by atoms with Crippen LogP contribution in [0.5, 0.6) is 0 Å². The SMILES string of the molecule is CC(C)CNC(=O)C(C)N1C[C@@H](C)[C@H](C(=O)O)C1. The zero-order valence-electron chi connectivity index (χ0n) is 11.6. The van der Waals surface area contributed by atoms with Crippen LogP contribution in [0.1, 0.15) is 27.7 Å². The lowest BCUT2D eigenvalue weighted by Gasteiger charge is -2.23. The molecule has 2 N–H and O–H groups in total. The molecule has 0 spiro atoms. The molecule has 1 aliphatic rings. The summed E-state index contributed by atoms with van der Waals surface area (Å²) in [6, 6.07) is -0.254. The van der Waals surface area contributed by atoms with Gasteiger partial charge in [-0.1, -0.05) is 20.8 Å². The number of hydrogen-bond acceptors (Lipinski definition) is 3. The average molecular weight is 256 g/mol. The van der Waals surface area contributed by atoms with Gasteiger partial charge < -0.3 is 10.4 Å². The molecule has 5 heteroatoms. The number of nitrogens with zero attached hydrogens (tertiary/aromatic N) is 1. The average Bonchev–Trinajstić information content (AvgIpc) is 2.67. The van der Waals surface area contributed by atoms with E-state index in [0.29, 0.717) is 25.6 Å². The van der Waals surface area contributed by atoms with Gasteiger partial charge in [-0.2, -0.15) is 0 Å². The van der Waals surface area contributed by atoms with Gasteiger partial charge in [0.15, 0.2) is 0 Å². The molecule has 18 heavy (non-hydrogen) atoms. The van der Waals surface area contributed by atoms with Gasteiger partial charge in [0.25, 0.3) is 0 Å². The van der Waals surface area contributed by atoms with E-state index in [9.17, 15) is 9.59 Å². The van der Waals surface area contributed by atoms with Crippen LogP contribution >= 0.6 is 0 Å². The van der Waals surface area contributed by atoms with Crippen LogP contribution in [-0.2, 0) is 9.59 Å². The molecule has 1 amide bonds. The van der Waals surface area contributed by atoms with E-state index in [1.165, 1.54) is 0 Å². The largest absolute Gasteiger partial charge is 0.481 e. The molecule has 0 saturated carbocycles. The molecule has 1 heterocycles. The highest BCUT2D eigenvalue weighted by molar-refractivity contribution is 5.81. The summed E-state index contributed by atoms with van der Waals surface area (Å²) in [5.41, 5.74) is 0. The Morgan fingerprint density at radius 3 is 2.39 bits per heavy atom. The molecule has 0 radical (unpaired) electrons. The van der Waals surface area contributed by atoms with E-state index >= 15 is 0 Å². The number of amides is 1. The third-order valence-electron chi connectivity index (χ3n) is 3.57. The molecule has 1 aliphatic heterocycles. The standard InChI is InChI=1S/C13H24N2O3/c1-8(2)5-14-12(16)10(4)15-6-9(3)11(7-15)13(17)18/h8-11H,5-7H2,1-4H3,(H,14,16)(H,17,18)/t9-,10?,11-/m1/s1. The molecular formula is C13H24N2O3. The molecule has 1 unspecified atom stereocenters. The van der Waals surface area contributed by atoms with Crippen molar-refractivity contribution in [1.29, 1.82) is 0 Å². The van der Waals surface area contributed by atoms with Crippen LogP contribution in [0.15, 0.2) is 0 Å². The number of rotatable bonds is 5. The van der Waals surface area contributed by atoms with Crippen LogP contribution in [0.3, 0.4) is 0 Å². The summed E-state index contributed by atoms with van der Waals surface area (Å²) in [6.45, 7) is 9.66. The zero-order valence-corrected chi connectivity index (χ0v) is 11.6. The summed E-state index contributed by atoms with van der Waals surface area (Å²) < 4.78 is 0. The smallest absolute Gasteiger partial charge is 0.308 e. The Hall–Kier alpha value is -1.10. The van der Waals surface area contributed by atoms with Gasteiger partial charge in [-0.05, 0) is 18.8 Å². The molecule has 0 aliphatic carbocycles. The van der Waals surface area contributed by atoms with E-state index in [-0.39, 0.29) is 23.8 Å². The van der Waals surface area contributed by atoms with Gasteiger partial charge >= 0.3 is 5.97 Å². The maximum atomic E-state index is 11.9. The Labute approximate surface area is 109 Å². The highest BCUT2D eigenvalue weighted by Crippen LogP contribution is 2.24. The van der Waals surface area contributed by atoms with E-state index < -0.39 is 5.97 Å². The summed E-state index contributed by atoms with van der Waals surface area (Å²) >= 11 is 0. The van der Waals surface area contributed by atoms with Crippen molar-refractivity contribution in [3.63, 3.8) is 0 Å². The van der Waals surface area contributed by atoms with Gasteiger partial charge in [0, 0.05) is 19.6 Å². The summed E-state index contributed by atoms with van der Waals surface area (Å²) in [6.07, 6.45) is 0. The molecule has 0 aromatic rings. The fraction of sp³-hybridized carbons (Fsp3) is 0.846. The Kier molecular flexibility index (Phi) is 5.14. The van der Waals surface area contributed by atoms with Crippen molar-refractivity contribution in [2.45, 2.75) is 33.7 Å². The number of carbonyl (C=O) groups is 2. The van der Waals surface area contributed by atoms with E-state index in [4.69, 9.17) is 5.11 Å². The monoisotopic (exact) mass is 256 g/mol. The minimum absolute atomic E-state index is 0.0121. The van der Waals surface area contributed by atoms with Gasteiger partial charge in [-0.3, -0.25) is 14.5 Å². The minimum Gasteiger partial charge on any atom is -0.481 e. The number of aliphatic carboxylic acids is 1. The lowest BCUT2D eigenvalue weighted by molar-refractivity contribution is -0.142. The topological polar surface area (TPSA) is 69.6 Å². The van der Waals surface area contributed by atoms with Crippen LogP contribution in [0.2, 0.25) is 0 Å². The molecule has 0 bridgehead atoms. The second-order valence-corrected chi connectivity index (χ2v) is 5.69. The van der Waals surface area contributed by atoms with E-state index in [1.807, 2.05) is 32.6 Å². The molecule has 3 atom stereocenters. The maximum Gasteiger partial charge on any atom is 0.308 e. The van der Waals surface area contributed by atoms with Gasteiger partial charge in [0.1, 0.15) is 0 Å². The Bertz CT molecular complexity index is 317. The summed E-state index contributed by atoms with van der Waals surface area (Å²) in [5, 5.41) is 12.0. The number of nitrogens with one attached hydrogen (secondary N) is 1. The molecule has 0 aromatic heterocycles. The molecular weight excluding hydrogens is 232 g/mol. The second-order valence-electron chi connectivity index (χ2n) is 5.69. The molecule has 1 fully saturated rings. The fourth-order valence-electron chi connectivity index (χ4n) is 2.26. The number of carbonyl (C=O) groups excluding carboxylic acids is 1. The quantitative estimate of drug-likeness (QED) is 0.763. The highest BCUT2D eigenvalue weighted by atomic mass is 16.4. The van der Waals surface area contributed by atoms with Crippen molar-refractivity contribution in [1.82, 2.24) is 10.2 Å². The molecule has 0 aromatic carbocycles. The van der Waals surface area contributed by atoms with Crippen molar-refractivity contribution in [2.75, 3.05) is 19.6 Å². The van der Waals surface area contributed by atoms with E-state index in [0.717, 1.165) is 0 Å².